The molecule has 1 aromatic carbocycles. The summed E-state index contributed by atoms with van der Waals surface area (Å²) < 4.78 is 10.5. The van der Waals surface area contributed by atoms with Crippen LogP contribution < -0.4 is 9.47 Å². The molecule has 17 heavy (non-hydrogen) atoms. The average Bonchev–Trinajstić information content (AvgIpc) is 2.31. The number of benzene rings is 1. The van der Waals surface area contributed by atoms with E-state index in [4.69, 9.17) is 9.47 Å². The molecule has 1 aromatic rings. The molecule has 0 radical (unpaired) electrons. The Hall–Kier alpha value is -1.84. The van der Waals surface area contributed by atoms with Gasteiger partial charge in [0.15, 0.2) is 11.5 Å². The molecule has 0 saturated heterocycles. The first-order chi connectivity index (χ1) is 8.08. The van der Waals surface area contributed by atoms with E-state index in [9.17, 15) is 9.59 Å². The van der Waals surface area contributed by atoms with Crippen LogP contribution in [0.5, 0.6) is 11.5 Å². The molecule has 0 N–H and O–H groups in total. The average molecular weight is 236 g/mol. The molecule has 0 atom stereocenters. The first-order valence-corrected chi connectivity index (χ1v) is 5.52. The molecule has 4 heteroatoms. The topological polar surface area (TPSA) is 52.6 Å². The Bertz CT molecular complexity index is 410. The number of ether oxygens (including phenoxy) is 2. The Kier molecular flexibility index (Phi) is 4.69. The minimum Gasteiger partial charge on any atom is -0.490 e. The number of esters is 1. The molecule has 1 rings (SSSR count). The van der Waals surface area contributed by atoms with Crippen LogP contribution in [0.3, 0.4) is 0 Å². The third kappa shape index (κ3) is 3.59. The lowest BCUT2D eigenvalue weighted by atomic mass is 10.2. The summed E-state index contributed by atoms with van der Waals surface area (Å²) in [6, 6.07) is 4.70. The molecular weight excluding hydrogens is 220 g/mol. The quantitative estimate of drug-likeness (QED) is 0.447. The molecule has 0 spiro atoms. The van der Waals surface area contributed by atoms with Crippen molar-refractivity contribution in [3.05, 3.63) is 23.8 Å². The van der Waals surface area contributed by atoms with E-state index in [-0.39, 0.29) is 11.9 Å². The van der Waals surface area contributed by atoms with E-state index in [1.54, 1.807) is 32.0 Å². The summed E-state index contributed by atoms with van der Waals surface area (Å²) in [5.74, 6) is 0.210. The molecule has 0 aliphatic rings. The summed E-state index contributed by atoms with van der Waals surface area (Å²) in [4.78, 5) is 22.1. The van der Waals surface area contributed by atoms with Crippen molar-refractivity contribution in [2.24, 2.45) is 5.92 Å². The highest BCUT2D eigenvalue weighted by molar-refractivity contribution is 5.78. The monoisotopic (exact) mass is 236 g/mol. The van der Waals surface area contributed by atoms with Crippen LogP contribution in [0, 0.1) is 5.92 Å². The zero-order valence-corrected chi connectivity index (χ0v) is 10.2. The minimum atomic E-state index is -0.329. The van der Waals surface area contributed by atoms with Gasteiger partial charge in [0.2, 0.25) is 0 Å². The van der Waals surface area contributed by atoms with E-state index in [2.05, 4.69) is 0 Å². The van der Waals surface area contributed by atoms with Crippen molar-refractivity contribution in [1.29, 1.82) is 0 Å². The van der Waals surface area contributed by atoms with Crippen LogP contribution in [0.2, 0.25) is 0 Å². The molecule has 0 bridgehead atoms. The van der Waals surface area contributed by atoms with Crippen LogP contribution in [-0.2, 0) is 4.79 Å². The van der Waals surface area contributed by atoms with Crippen LogP contribution >= 0.6 is 0 Å². The fraction of sp³-hybridized carbons (Fsp3) is 0.385. The SMILES string of the molecule is CCOc1cc(C=O)ccc1OC(=O)C(C)C. The first kappa shape index (κ1) is 13.2. The van der Waals surface area contributed by atoms with E-state index in [0.29, 0.717) is 23.7 Å². The standard InChI is InChI=1S/C13H16O4/c1-4-16-12-7-10(8-14)5-6-11(12)17-13(15)9(2)3/h5-9H,4H2,1-3H3. The molecule has 0 heterocycles. The summed E-state index contributed by atoms with van der Waals surface area (Å²) >= 11 is 0. The molecule has 0 aliphatic carbocycles. The van der Waals surface area contributed by atoms with Gasteiger partial charge >= 0.3 is 5.97 Å². The van der Waals surface area contributed by atoms with Gasteiger partial charge in [-0.15, -0.1) is 0 Å². The summed E-state index contributed by atoms with van der Waals surface area (Å²) in [7, 11) is 0. The van der Waals surface area contributed by atoms with E-state index < -0.39 is 0 Å². The number of hydrogen-bond acceptors (Lipinski definition) is 4. The Labute approximate surface area is 101 Å². The maximum absolute atomic E-state index is 11.5. The highest BCUT2D eigenvalue weighted by Gasteiger charge is 2.13. The molecule has 0 aromatic heterocycles. The van der Waals surface area contributed by atoms with E-state index in [1.165, 1.54) is 0 Å². The van der Waals surface area contributed by atoms with Crippen molar-refractivity contribution in [1.82, 2.24) is 0 Å². The summed E-state index contributed by atoms with van der Waals surface area (Å²) in [5, 5.41) is 0. The van der Waals surface area contributed by atoms with Gasteiger partial charge in [-0.05, 0) is 25.1 Å². The van der Waals surface area contributed by atoms with Gasteiger partial charge in [-0.3, -0.25) is 9.59 Å². The van der Waals surface area contributed by atoms with Crippen LogP contribution in [0.25, 0.3) is 0 Å². The Morgan fingerprint density at radius 2 is 2.06 bits per heavy atom. The van der Waals surface area contributed by atoms with E-state index in [1.807, 2.05) is 6.92 Å². The minimum absolute atomic E-state index is 0.213. The predicted molar refractivity (Wildman–Crippen MR) is 63.5 cm³/mol. The molecule has 0 aliphatic heterocycles. The number of carbonyl (C=O) groups is 2. The Balaban J connectivity index is 2.97. The third-order valence-electron chi connectivity index (χ3n) is 2.09. The van der Waals surface area contributed by atoms with Gasteiger partial charge in [-0.2, -0.15) is 0 Å². The zero-order valence-electron chi connectivity index (χ0n) is 10.2. The molecule has 0 unspecified atom stereocenters. The van der Waals surface area contributed by atoms with Gasteiger partial charge in [-0.1, -0.05) is 13.8 Å². The highest BCUT2D eigenvalue weighted by atomic mass is 16.6. The smallest absolute Gasteiger partial charge is 0.313 e. The predicted octanol–water partition coefficient (Wildman–Crippen LogP) is 2.46. The van der Waals surface area contributed by atoms with Crippen molar-refractivity contribution in [3.63, 3.8) is 0 Å². The van der Waals surface area contributed by atoms with Crippen LogP contribution in [-0.4, -0.2) is 18.9 Å². The normalized spacial score (nSPS) is 10.1. The lowest BCUT2D eigenvalue weighted by molar-refractivity contribution is -0.137. The van der Waals surface area contributed by atoms with E-state index >= 15 is 0 Å². The third-order valence-corrected chi connectivity index (χ3v) is 2.09. The van der Waals surface area contributed by atoms with Gasteiger partial charge in [0, 0.05) is 5.56 Å². The zero-order chi connectivity index (χ0) is 12.8. The van der Waals surface area contributed by atoms with Gasteiger partial charge in [0.05, 0.1) is 12.5 Å². The highest BCUT2D eigenvalue weighted by Crippen LogP contribution is 2.28. The van der Waals surface area contributed by atoms with E-state index in [0.717, 1.165) is 6.29 Å². The molecule has 4 nitrogen and oxygen atoms in total. The summed E-state index contributed by atoms with van der Waals surface area (Å²) in [6.07, 6.45) is 0.719. The van der Waals surface area contributed by atoms with Crippen LogP contribution in [0.1, 0.15) is 31.1 Å². The second-order valence-corrected chi connectivity index (χ2v) is 3.83. The van der Waals surface area contributed by atoms with Crippen LogP contribution in [0.4, 0.5) is 0 Å². The number of carbonyl (C=O) groups excluding carboxylic acids is 2. The number of rotatable bonds is 5. The second-order valence-electron chi connectivity index (χ2n) is 3.83. The second kappa shape index (κ2) is 6.03. The van der Waals surface area contributed by atoms with Gasteiger partial charge < -0.3 is 9.47 Å². The Morgan fingerprint density at radius 3 is 2.59 bits per heavy atom. The fourth-order valence-corrected chi connectivity index (χ4v) is 1.18. The van der Waals surface area contributed by atoms with Crippen molar-refractivity contribution in [2.45, 2.75) is 20.8 Å². The lowest BCUT2D eigenvalue weighted by Gasteiger charge is -2.12. The largest absolute Gasteiger partial charge is 0.490 e. The molecule has 0 saturated carbocycles. The van der Waals surface area contributed by atoms with Crippen molar-refractivity contribution in [2.75, 3.05) is 6.61 Å². The van der Waals surface area contributed by atoms with Gasteiger partial charge in [-0.25, -0.2) is 0 Å². The van der Waals surface area contributed by atoms with Crippen molar-refractivity contribution < 1.29 is 19.1 Å². The first-order valence-electron chi connectivity index (χ1n) is 5.52. The van der Waals surface area contributed by atoms with Crippen molar-refractivity contribution >= 4 is 12.3 Å². The molecule has 92 valence electrons. The fourth-order valence-electron chi connectivity index (χ4n) is 1.18. The number of hydrogen-bond donors (Lipinski definition) is 0. The summed E-state index contributed by atoms with van der Waals surface area (Å²) in [6.45, 7) is 5.76. The molecule has 0 fully saturated rings. The summed E-state index contributed by atoms with van der Waals surface area (Å²) in [5.41, 5.74) is 0.484. The maximum atomic E-state index is 11.5. The van der Waals surface area contributed by atoms with Gasteiger partial charge in [0.25, 0.3) is 0 Å². The maximum Gasteiger partial charge on any atom is 0.313 e. The molecular formula is C13H16O4. The Morgan fingerprint density at radius 1 is 1.35 bits per heavy atom. The van der Waals surface area contributed by atoms with Crippen LogP contribution in [0.15, 0.2) is 18.2 Å². The molecule has 0 amide bonds. The van der Waals surface area contributed by atoms with Crippen molar-refractivity contribution in [3.8, 4) is 11.5 Å². The lowest BCUT2D eigenvalue weighted by Crippen LogP contribution is -2.15. The van der Waals surface area contributed by atoms with Gasteiger partial charge in [0.1, 0.15) is 6.29 Å². The number of aldehydes is 1.